The molecule has 0 aromatic rings. The molecule has 0 aliphatic heterocycles. The highest BCUT2D eigenvalue weighted by molar-refractivity contribution is 6.87. The number of carbonyl (C=O) groups excluding carboxylic acids is 1. The van der Waals surface area contributed by atoms with Gasteiger partial charge in [-0.1, -0.05) is 34.6 Å². The Hall–Kier alpha value is -0.193. The highest BCUT2D eigenvalue weighted by Gasteiger charge is 2.35. The van der Waals surface area contributed by atoms with Crippen LogP contribution in [0.4, 0.5) is 0 Å². The zero-order chi connectivity index (χ0) is 12.8. The lowest BCUT2D eigenvalue weighted by atomic mass is 10.2. The van der Waals surface area contributed by atoms with Crippen LogP contribution in [0.2, 0.25) is 5.04 Å². The van der Waals surface area contributed by atoms with Gasteiger partial charge in [0.05, 0.1) is 0 Å². The van der Waals surface area contributed by atoms with Crippen molar-refractivity contribution in [1.29, 1.82) is 0 Å². The quantitative estimate of drug-likeness (QED) is 0.512. The Kier molecular flexibility index (Phi) is 7.11. The van der Waals surface area contributed by atoms with E-state index in [4.69, 9.17) is 9.16 Å². The van der Waals surface area contributed by atoms with Crippen LogP contribution < -0.4 is 0 Å². The predicted octanol–water partition coefficient (Wildman–Crippen LogP) is 2.82. The maximum Gasteiger partial charge on any atom is 0.257 e. The molecule has 0 spiro atoms. The van der Waals surface area contributed by atoms with Gasteiger partial charge in [-0.2, -0.15) is 0 Å². The van der Waals surface area contributed by atoms with Gasteiger partial charge in [0.25, 0.3) is 9.04 Å². The largest absolute Gasteiger partial charge is 0.387 e. The first-order chi connectivity index (χ1) is 7.36. The molecular formula is C12H26O3Si. The average molecular weight is 246 g/mol. The van der Waals surface area contributed by atoms with Gasteiger partial charge < -0.3 is 14.0 Å². The molecule has 0 saturated carbocycles. The molecule has 96 valence electrons. The molecule has 0 N–H and O–H groups in total. The van der Waals surface area contributed by atoms with Crippen LogP contribution in [-0.4, -0.2) is 27.3 Å². The molecule has 0 aliphatic carbocycles. The van der Waals surface area contributed by atoms with Crippen molar-refractivity contribution >= 4 is 14.4 Å². The van der Waals surface area contributed by atoms with E-state index in [2.05, 4.69) is 20.8 Å². The summed E-state index contributed by atoms with van der Waals surface area (Å²) in [5.41, 5.74) is 0. The Morgan fingerprint density at radius 3 is 2.12 bits per heavy atom. The number of ether oxygens (including phenoxy) is 1. The van der Waals surface area contributed by atoms with E-state index in [1.165, 1.54) is 0 Å². The van der Waals surface area contributed by atoms with Gasteiger partial charge in [-0.3, -0.25) is 0 Å². The Labute approximate surface area is 101 Å². The molecule has 0 saturated heterocycles. The normalized spacial score (nSPS) is 15.9. The van der Waals surface area contributed by atoms with E-state index in [0.717, 1.165) is 6.42 Å². The molecular weight excluding hydrogens is 220 g/mol. The monoisotopic (exact) mass is 246 g/mol. The van der Waals surface area contributed by atoms with Crippen molar-refractivity contribution in [2.24, 2.45) is 0 Å². The van der Waals surface area contributed by atoms with Crippen LogP contribution in [0, 0.1) is 0 Å². The van der Waals surface area contributed by atoms with Crippen molar-refractivity contribution in [1.82, 2.24) is 0 Å². The Bertz CT molecular complexity index is 211. The molecule has 0 aromatic carbocycles. The second-order valence-corrected chi connectivity index (χ2v) is 8.40. The zero-order valence-electron chi connectivity index (χ0n) is 11.5. The Morgan fingerprint density at radius 1 is 1.25 bits per heavy atom. The van der Waals surface area contributed by atoms with Gasteiger partial charge >= 0.3 is 0 Å². The fraction of sp³-hybridized carbons (Fsp3) is 0.917. The molecule has 4 heteroatoms. The minimum Gasteiger partial charge on any atom is -0.387 e. The van der Waals surface area contributed by atoms with Gasteiger partial charge in [-0.05, 0) is 18.4 Å². The molecule has 0 radical (unpaired) electrons. The summed E-state index contributed by atoms with van der Waals surface area (Å²) in [4.78, 5) is 11.9. The third-order valence-corrected chi connectivity index (χ3v) is 5.54. The first kappa shape index (κ1) is 15.8. The number of hydrogen-bond acceptors (Lipinski definition) is 3. The molecule has 0 aliphatic rings. The van der Waals surface area contributed by atoms with Crippen LogP contribution in [0.1, 0.15) is 54.4 Å². The summed E-state index contributed by atoms with van der Waals surface area (Å²) in [6.45, 7) is 12.7. The molecule has 0 aromatic heterocycles. The third kappa shape index (κ3) is 5.23. The predicted molar refractivity (Wildman–Crippen MR) is 69.0 cm³/mol. The highest BCUT2D eigenvalue weighted by atomic mass is 28.3. The first-order valence-electron chi connectivity index (χ1n) is 6.16. The maximum absolute atomic E-state index is 11.9. The standard InChI is InChI=1S/C12H26O3Si/c1-7-10(13)16(12(4,5)6)15-11(8-2)14-9-3/h11,16H,7-9H2,1-6H3. The van der Waals surface area contributed by atoms with Gasteiger partial charge in [-0.25, -0.2) is 0 Å². The average Bonchev–Trinajstić information content (AvgIpc) is 2.21. The molecule has 0 amide bonds. The Balaban J connectivity index is 4.59. The molecule has 2 atom stereocenters. The van der Waals surface area contributed by atoms with E-state index < -0.39 is 9.04 Å². The number of carbonyl (C=O) groups is 1. The summed E-state index contributed by atoms with van der Waals surface area (Å²) in [6.07, 6.45) is 1.15. The van der Waals surface area contributed by atoms with Crippen molar-refractivity contribution in [3.8, 4) is 0 Å². The van der Waals surface area contributed by atoms with Crippen molar-refractivity contribution in [2.45, 2.75) is 65.7 Å². The van der Waals surface area contributed by atoms with Gasteiger partial charge in [0.2, 0.25) is 0 Å². The van der Waals surface area contributed by atoms with Crippen LogP contribution in [0.15, 0.2) is 0 Å². The highest BCUT2D eigenvalue weighted by Crippen LogP contribution is 2.29. The lowest BCUT2D eigenvalue weighted by molar-refractivity contribution is -0.118. The van der Waals surface area contributed by atoms with E-state index in [0.29, 0.717) is 13.0 Å². The number of hydrogen-bond donors (Lipinski definition) is 0. The van der Waals surface area contributed by atoms with E-state index in [-0.39, 0.29) is 16.7 Å². The Morgan fingerprint density at radius 2 is 1.81 bits per heavy atom. The molecule has 0 heterocycles. The van der Waals surface area contributed by atoms with Crippen LogP contribution in [0.5, 0.6) is 0 Å². The van der Waals surface area contributed by atoms with Crippen LogP contribution in [0.25, 0.3) is 0 Å². The second kappa shape index (κ2) is 7.19. The summed E-state index contributed by atoms with van der Waals surface area (Å²) in [7, 11) is -1.89. The summed E-state index contributed by atoms with van der Waals surface area (Å²) in [6, 6.07) is 0. The minimum absolute atomic E-state index is 0.0440. The van der Waals surface area contributed by atoms with Gasteiger partial charge in [-0.15, -0.1) is 0 Å². The van der Waals surface area contributed by atoms with E-state index in [1.807, 2.05) is 20.8 Å². The summed E-state index contributed by atoms with van der Waals surface area (Å²) in [5, 5.41) is 0.239. The molecule has 2 unspecified atom stereocenters. The fourth-order valence-corrected chi connectivity index (χ4v) is 4.01. The lowest BCUT2D eigenvalue weighted by Gasteiger charge is -2.30. The molecule has 3 nitrogen and oxygen atoms in total. The van der Waals surface area contributed by atoms with Crippen molar-refractivity contribution < 1.29 is 14.0 Å². The van der Waals surface area contributed by atoms with E-state index >= 15 is 0 Å². The van der Waals surface area contributed by atoms with Gasteiger partial charge in [0, 0.05) is 13.0 Å². The summed E-state index contributed by atoms with van der Waals surface area (Å²) >= 11 is 0. The van der Waals surface area contributed by atoms with E-state index in [1.54, 1.807) is 0 Å². The van der Waals surface area contributed by atoms with Crippen LogP contribution in [0.3, 0.4) is 0 Å². The summed E-state index contributed by atoms with van der Waals surface area (Å²) < 4.78 is 11.4. The van der Waals surface area contributed by atoms with Crippen LogP contribution in [-0.2, 0) is 14.0 Å². The first-order valence-corrected chi connectivity index (χ1v) is 7.79. The zero-order valence-corrected chi connectivity index (χ0v) is 12.7. The van der Waals surface area contributed by atoms with Crippen molar-refractivity contribution in [3.63, 3.8) is 0 Å². The minimum atomic E-state index is -1.89. The molecule has 0 fully saturated rings. The van der Waals surface area contributed by atoms with Gasteiger partial charge in [0.15, 0.2) is 0 Å². The van der Waals surface area contributed by atoms with E-state index in [9.17, 15) is 4.79 Å². The topological polar surface area (TPSA) is 35.5 Å². The lowest BCUT2D eigenvalue weighted by Crippen LogP contribution is -2.41. The van der Waals surface area contributed by atoms with Gasteiger partial charge in [0.1, 0.15) is 11.7 Å². The second-order valence-electron chi connectivity index (χ2n) is 5.00. The third-order valence-electron chi connectivity index (χ3n) is 2.40. The summed E-state index contributed by atoms with van der Waals surface area (Å²) in [5.74, 6) is 0. The fourth-order valence-electron chi connectivity index (χ4n) is 1.54. The maximum atomic E-state index is 11.9. The molecule has 0 rings (SSSR count). The van der Waals surface area contributed by atoms with Crippen LogP contribution >= 0.6 is 0 Å². The SMILES string of the molecule is CCOC(CC)O[SiH](C(=O)CC)C(C)(C)C. The van der Waals surface area contributed by atoms with Crippen molar-refractivity contribution in [3.05, 3.63) is 0 Å². The molecule has 16 heavy (non-hydrogen) atoms. The smallest absolute Gasteiger partial charge is 0.257 e. The number of rotatable bonds is 7. The van der Waals surface area contributed by atoms with Crippen molar-refractivity contribution in [2.75, 3.05) is 6.61 Å². The molecule has 0 bridgehead atoms.